The lowest BCUT2D eigenvalue weighted by molar-refractivity contribution is 0.0857. The summed E-state index contributed by atoms with van der Waals surface area (Å²) in [6.07, 6.45) is 1.96. The first kappa shape index (κ1) is 19.4. The van der Waals surface area contributed by atoms with Crippen molar-refractivity contribution in [2.24, 2.45) is 0 Å². The summed E-state index contributed by atoms with van der Waals surface area (Å²) in [5, 5.41) is 2.80. The zero-order chi connectivity index (χ0) is 19.4. The predicted octanol–water partition coefficient (Wildman–Crippen LogP) is 3.01. The number of ether oxygens (including phenoxy) is 1. The number of amides is 1. The summed E-state index contributed by atoms with van der Waals surface area (Å²) in [6.45, 7) is 5.04. The molecule has 27 heavy (non-hydrogen) atoms. The van der Waals surface area contributed by atoms with Crippen LogP contribution in [0.25, 0.3) is 0 Å². The van der Waals surface area contributed by atoms with Crippen molar-refractivity contribution in [2.75, 3.05) is 17.9 Å². The van der Waals surface area contributed by atoms with Gasteiger partial charge in [-0.1, -0.05) is 12.1 Å². The van der Waals surface area contributed by atoms with E-state index < -0.39 is 10.0 Å². The lowest BCUT2D eigenvalue weighted by atomic mass is 10.1. The normalized spacial score (nSPS) is 16.9. The van der Waals surface area contributed by atoms with E-state index in [9.17, 15) is 13.2 Å². The Bertz CT molecular complexity index is 935. The molecule has 1 unspecified atom stereocenters. The van der Waals surface area contributed by atoms with Crippen LogP contribution in [0, 0.1) is 13.8 Å². The molecule has 1 aliphatic heterocycles. The summed E-state index contributed by atoms with van der Waals surface area (Å²) in [5.41, 5.74) is 2.88. The summed E-state index contributed by atoms with van der Waals surface area (Å²) in [4.78, 5) is 12.4. The van der Waals surface area contributed by atoms with Crippen LogP contribution in [0.1, 0.15) is 34.3 Å². The Morgan fingerprint density at radius 2 is 1.96 bits per heavy atom. The van der Waals surface area contributed by atoms with Gasteiger partial charge in [0.15, 0.2) is 0 Å². The van der Waals surface area contributed by atoms with Crippen LogP contribution < -0.4 is 10.0 Å². The molecular weight excluding hydrogens is 364 g/mol. The Morgan fingerprint density at radius 1 is 1.15 bits per heavy atom. The van der Waals surface area contributed by atoms with Crippen molar-refractivity contribution in [3.8, 4) is 0 Å². The highest BCUT2D eigenvalue weighted by atomic mass is 32.2. The largest absolute Gasteiger partial charge is 0.376 e. The fourth-order valence-corrected chi connectivity index (χ4v) is 4.03. The molecule has 0 spiro atoms. The van der Waals surface area contributed by atoms with Gasteiger partial charge in [0.1, 0.15) is 0 Å². The molecule has 0 aromatic heterocycles. The van der Waals surface area contributed by atoms with E-state index in [1.165, 1.54) is 12.1 Å². The van der Waals surface area contributed by atoms with E-state index >= 15 is 0 Å². The monoisotopic (exact) mass is 388 g/mol. The zero-order valence-corrected chi connectivity index (χ0v) is 16.3. The van der Waals surface area contributed by atoms with E-state index in [-0.39, 0.29) is 16.9 Å². The van der Waals surface area contributed by atoms with Crippen LogP contribution in [0.2, 0.25) is 0 Å². The molecule has 144 valence electrons. The number of hydrogen-bond donors (Lipinski definition) is 2. The molecule has 1 amide bonds. The minimum absolute atomic E-state index is 0.0345. The second-order valence-electron chi connectivity index (χ2n) is 6.78. The van der Waals surface area contributed by atoms with E-state index in [1.54, 1.807) is 24.3 Å². The Hall–Kier alpha value is -2.38. The number of anilines is 1. The number of sulfonamides is 1. The second kappa shape index (κ2) is 8.10. The Balaban J connectivity index is 1.72. The summed E-state index contributed by atoms with van der Waals surface area (Å²) < 4.78 is 33.4. The van der Waals surface area contributed by atoms with Gasteiger partial charge in [-0.25, -0.2) is 8.42 Å². The van der Waals surface area contributed by atoms with Gasteiger partial charge in [0, 0.05) is 24.4 Å². The van der Waals surface area contributed by atoms with E-state index in [2.05, 4.69) is 10.0 Å². The summed E-state index contributed by atoms with van der Waals surface area (Å²) in [7, 11) is -3.78. The third-order valence-electron chi connectivity index (χ3n) is 4.68. The molecule has 0 saturated carbocycles. The lowest BCUT2D eigenvalue weighted by Crippen LogP contribution is -2.31. The SMILES string of the molecule is Cc1ccc(NS(=O)(=O)c2cccc(C(=O)NCC3CCCO3)c2)cc1C. The van der Waals surface area contributed by atoms with Gasteiger partial charge in [0.05, 0.1) is 11.0 Å². The quantitative estimate of drug-likeness (QED) is 0.797. The molecule has 2 N–H and O–H groups in total. The highest BCUT2D eigenvalue weighted by Crippen LogP contribution is 2.20. The fourth-order valence-electron chi connectivity index (χ4n) is 2.94. The Labute approximate surface area is 160 Å². The van der Waals surface area contributed by atoms with Crippen LogP contribution in [0.5, 0.6) is 0 Å². The minimum atomic E-state index is -3.78. The van der Waals surface area contributed by atoms with Crippen molar-refractivity contribution in [1.82, 2.24) is 5.32 Å². The molecule has 2 aromatic carbocycles. The molecule has 2 aromatic rings. The number of benzene rings is 2. The van der Waals surface area contributed by atoms with E-state index in [0.29, 0.717) is 17.8 Å². The molecule has 0 aliphatic carbocycles. The van der Waals surface area contributed by atoms with Crippen molar-refractivity contribution in [3.63, 3.8) is 0 Å². The smallest absolute Gasteiger partial charge is 0.261 e. The number of rotatable bonds is 6. The van der Waals surface area contributed by atoms with Crippen molar-refractivity contribution in [3.05, 3.63) is 59.2 Å². The molecule has 1 fully saturated rings. The molecule has 7 heteroatoms. The van der Waals surface area contributed by atoms with Gasteiger partial charge in [-0.05, 0) is 68.1 Å². The molecule has 1 aliphatic rings. The molecule has 0 bridgehead atoms. The third kappa shape index (κ3) is 4.87. The topological polar surface area (TPSA) is 84.5 Å². The van der Waals surface area contributed by atoms with Crippen molar-refractivity contribution >= 4 is 21.6 Å². The highest BCUT2D eigenvalue weighted by molar-refractivity contribution is 7.92. The van der Waals surface area contributed by atoms with Gasteiger partial charge in [0.2, 0.25) is 0 Å². The maximum absolute atomic E-state index is 12.7. The van der Waals surface area contributed by atoms with Crippen LogP contribution in [-0.4, -0.2) is 33.6 Å². The molecular formula is C20H24N2O4S. The summed E-state index contributed by atoms with van der Waals surface area (Å²) in [6, 6.07) is 11.4. The van der Waals surface area contributed by atoms with Crippen LogP contribution >= 0.6 is 0 Å². The fraction of sp³-hybridized carbons (Fsp3) is 0.350. The van der Waals surface area contributed by atoms with Crippen LogP contribution in [0.4, 0.5) is 5.69 Å². The van der Waals surface area contributed by atoms with Gasteiger partial charge in [0.25, 0.3) is 15.9 Å². The van der Waals surface area contributed by atoms with Crippen LogP contribution in [-0.2, 0) is 14.8 Å². The van der Waals surface area contributed by atoms with E-state index in [4.69, 9.17) is 4.74 Å². The molecule has 6 nitrogen and oxygen atoms in total. The number of carbonyl (C=O) groups is 1. The molecule has 1 heterocycles. The maximum atomic E-state index is 12.7. The Morgan fingerprint density at radius 3 is 2.67 bits per heavy atom. The highest BCUT2D eigenvalue weighted by Gasteiger charge is 2.19. The average molecular weight is 388 g/mol. The number of aryl methyl sites for hydroxylation is 2. The predicted molar refractivity (Wildman–Crippen MR) is 104 cm³/mol. The standard InChI is InChI=1S/C20H24N2O4S/c1-14-8-9-17(11-15(14)2)22-27(24,25)19-7-3-5-16(12-19)20(23)21-13-18-6-4-10-26-18/h3,5,7-9,11-12,18,22H,4,6,10,13H2,1-2H3,(H,21,23). The van der Waals surface area contributed by atoms with Gasteiger partial charge in [-0.2, -0.15) is 0 Å². The lowest BCUT2D eigenvalue weighted by Gasteiger charge is -2.12. The van der Waals surface area contributed by atoms with Crippen molar-refractivity contribution in [1.29, 1.82) is 0 Å². The molecule has 1 atom stereocenters. The van der Waals surface area contributed by atoms with Crippen molar-refractivity contribution < 1.29 is 17.9 Å². The van der Waals surface area contributed by atoms with E-state index in [1.807, 2.05) is 19.9 Å². The van der Waals surface area contributed by atoms with E-state index in [0.717, 1.165) is 30.6 Å². The number of nitrogens with one attached hydrogen (secondary N) is 2. The molecule has 1 saturated heterocycles. The first-order valence-electron chi connectivity index (χ1n) is 8.95. The zero-order valence-electron chi connectivity index (χ0n) is 15.5. The first-order chi connectivity index (χ1) is 12.8. The van der Waals surface area contributed by atoms with Gasteiger partial charge < -0.3 is 10.1 Å². The van der Waals surface area contributed by atoms with Crippen LogP contribution in [0.15, 0.2) is 47.4 Å². The maximum Gasteiger partial charge on any atom is 0.261 e. The van der Waals surface area contributed by atoms with Gasteiger partial charge >= 0.3 is 0 Å². The van der Waals surface area contributed by atoms with Crippen molar-refractivity contribution in [2.45, 2.75) is 37.7 Å². The summed E-state index contributed by atoms with van der Waals surface area (Å²) >= 11 is 0. The minimum Gasteiger partial charge on any atom is -0.376 e. The molecule has 3 rings (SSSR count). The third-order valence-corrected chi connectivity index (χ3v) is 6.06. The first-order valence-corrected chi connectivity index (χ1v) is 10.4. The average Bonchev–Trinajstić information content (AvgIpc) is 3.16. The second-order valence-corrected chi connectivity index (χ2v) is 8.46. The molecule has 0 radical (unpaired) electrons. The number of hydrogen-bond acceptors (Lipinski definition) is 4. The number of carbonyl (C=O) groups excluding carboxylic acids is 1. The van der Waals surface area contributed by atoms with Gasteiger partial charge in [-0.3, -0.25) is 9.52 Å². The van der Waals surface area contributed by atoms with Crippen LogP contribution in [0.3, 0.4) is 0 Å². The van der Waals surface area contributed by atoms with Gasteiger partial charge in [-0.15, -0.1) is 0 Å². The Kier molecular flexibility index (Phi) is 5.82. The summed E-state index contributed by atoms with van der Waals surface area (Å²) in [5.74, 6) is -0.311.